The van der Waals surface area contributed by atoms with Gasteiger partial charge in [-0.05, 0) is 7.05 Å². The maximum atomic E-state index is 11.4. The van der Waals surface area contributed by atoms with Gasteiger partial charge in [-0.25, -0.2) is 8.42 Å². The van der Waals surface area contributed by atoms with Gasteiger partial charge in [-0.15, -0.1) is 0 Å². The third-order valence-corrected chi connectivity index (χ3v) is 3.95. The van der Waals surface area contributed by atoms with E-state index >= 15 is 0 Å². The Labute approximate surface area is 85.1 Å². The maximum absolute atomic E-state index is 11.4. The number of hydrogen-bond acceptors (Lipinski definition) is 5. The van der Waals surface area contributed by atoms with Crippen LogP contribution in [0.1, 0.15) is 0 Å². The molecule has 0 spiro atoms. The largest absolute Gasteiger partial charge is 0.375 e. The number of nitrogens with zero attached hydrogens (tertiary/aromatic N) is 1. The molecule has 2 N–H and O–H groups in total. The molecular weight excluding hydrogens is 204 g/mol. The smallest absolute Gasteiger partial charge is 0.154 e. The van der Waals surface area contributed by atoms with E-state index in [0.29, 0.717) is 13.2 Å². The van der Waals surface area contributed by atoms with Crippen LogP contribution in [-0.2, 0) is 14.6 Å². The third-order valence-electron chi connectivity index (χ3n) is 2.21. The number of morpholine rings is 1. The molecule has 0 saturated carbocycles. The van der Waals surface area contributed by atoms with E-state index in [1.807, 2.05) is 7.05 Å². The summed E-state index contributed by atoms with van der Waals surface area (Å²) >= 11 is 0. The molecule has 1 heterocycles. The third kappa shape index (κ3) is 3.91. The van der Waals surface area contributed by atoms with Crippen LogP contribution in [0.15, 0.2) is 0 Å². The highest BCUT2D eigenvalue weighted by atomic mass is 32.2. The summed E-state index contributed by atoms with van der Waals surface area (Å²) in [6, 6.07) is 0. The Morgan fingerprint density at radius 1 is 1.57 bits per heavy atom. The lowest BCUT2D eigenvalue weighted by molar-refractivity contribution is -0.00679. The second kappa shape index (κ2) is 5.06. The molecule has 1 aliphatic heterocycles. The van der Waals surface area contributed by atoms with Crippen molar-refractivity contribution >= 4 is 9.84 Å². The first-order valence-electron chi connectivity index (χ1n) is 4.74. The molecule has 1 fully saturated rings. The fraction of sp³-hybridized carbons (Fsp3) is 1.00. The minimum Gasteiger partial charge on any atom is -0.375 e. The lowest BCUT2D eigenvalue weighted by atomic mass is 10.3. The van der Waals surface area contributed by atoms with Gasteiger partial charge in [0.25, 0.3) is 0 Å². The summed E-state index contributed by atoms with van der Waals surface area (Å²) in [6.07, 6.45) is -0.190. The second-order valence-corrected chi connectivity index (χ2v) is 5.89. The van der Waals surface area contributed by atoms with Crippen LogP contribution in [0.4, 0.5) is 0 Å². The van der Waals surface area contributed by atoms with Crippen molar-refractivity contribution < 1.29 is 13.2 Å². The molecule has 0 aliphatic carbocycles. The monoisotopic (exact) mass is 222 g/mol. The number of sulfone groups is 1. The topological polar surface area (TPSA) is 72.6 Å². The fourth-order valence-electron chi connectivity index (χ4n) is 1.51. The molecule has 5 nitrogen and oxygen atoms in total. The molecule has 0 amide bonds. The predicted molar refractivity (Wildman–Crippen MR) is 54.9 cm³/mol. The lowest BCUT2D eigenvalue weighted by Crippen LogP contribution is -2.43. The van der Waals surface area contributed by atoms with Crippen molar-refractivity contribution in [2.24, 2.45) is 5.73 Å². The Bertz CT molecular complexity index is 266. The zero-order valence-corrected chi connectivity index (χ0v) is 9.29. The van der Waals surface area contributed by atoms with Crippen molar-refractivity contribution in [2.45, 2.75) is 6.10 Å². The van der Waals surface area contributed by atoms with Crippen molar-refractivity contribution in [3.8, 4) is 0 Å². The molecule has 1 atom stereocenters. The highest BCUT2D eigenvalue weighted by Gasteiger charge is 2.23. The van der Waals surface area contributed by atoms with Crippen LogP contribution < -0.4 is 5.73 Å². The van der Waals surface area contributed by atoms with E-state index in [0.717, 1.165) is 6.54 Å². The summed E-state index contributed by atoms with van der Waals surface area (Å²) in [6.45, 7) is 2.35. The van der Waals surface area contributed by atoms with Gasteiger partial charge in [0.05, 0.1) is 24.2 Å². The van der Waals surface area contributed by atoms with Gasteiger partial charge in [0, 0.05) is 19.6 Å². The first-order chi connectivity index (χ1) is 6.53. The van der Waals surface area contributed by atoms with Crippen molar-refractivity contribution in [3.05, 3.63) is 0 Å². The van der Waals surface area contributed by atoms with E-state index in [2.05, 4.69) is 4.90 Å². The van der Waals surface area contributed by atoms with Crippen LogP contribution in [0.25, 0.3) is 0 Å². The minimum absolute atomic E-state index is 0.0522. The van der Waals surface area contributed by atoms with Gasteiger partial charge >= 0.3 is 0 Å². The Kier molecular flexibility index (Phi) is 4.31. The molecule has 1 unspecified atom stereocenters. The van der Waals surface area contributed by atoms with Crippen molar-refractivity contribution in [2.75, 3.05) is 44.8 Å². The summed E-state index contributed by atoms with van der Waals surface area (Å²) in [5.74, 6) is 0.144. The number of ether oxygens (including phenoxy) is 1. The molecule has 84 valence electrons. The van der Waals surface area contributed by atoms with Gasteiger partial charge in [-0.3, -0.25) is 0 Å². The number of likely N-dealkylation sites (N-methyl/N-ethyl adjacent to an activating group) is 1. The fourth-order valence-corrected chi connectivity index (χ4v) is 2.81. The van der Waals surface area contributed by atoms with Crippen molar-refractivity contribution in [1.29, 1.82) is 0 Å². The molecule has 0 aromatic heterocycles. The first kappa shape index (κ1) is 11.9. The van der Waals surface area contributed by atoms with E-state index < -0.39 is 9.84 Å². The molecule has 0 aromatic carbocycles. The Balaban J connectivity index is 2.43. The average molecular weight is 222 g/mol. The summed E-state index contributed by atoms with van der Waals surface area (Å²) in [4.78, 5) is 2.08. The standard InChI is InChI=1S/C8H18N2O3S/c1-10-3-4-13-8(6-10)7-14(11,12)5-2-9/h8H,2-7,9H2,1H3. The molecule has 0 aromatic rings. The zero-order valence-electron chi connectivity index (χ0n) is 8.48. The number of nitrogens with two attached hydrogens (primary N) is 1. The second-order valence-electron chi connectivity index (χ2n) is 3.66. The molecule has 1 saturated heterocycles. The normalized spacial score (nSPS) is 25.1. The molecule has 6 heteroatoms. The van der Waals surface area contributed by atoms with E-state index in [1.54, 1.807) is 0 Å². The molecular formula is C8H18N2O3S. The SMILES string of the molecule is CN1CCOC(CS(=O)(=O)CCN)C1. The summed E-state index contributed by atoms with van der Waals surface area (Å²) in [5.41, 5.74) is 5.22. The molecule has 14 heavy (non-hydrogen) atoms. The van der Waals surface area contributed by atoms with E-state index in [9.17, 15) is 8.42 Å². The molecule has 0 radical (unpaired) electrons. The molecule has 1 aliphatic rings. The quantitative estimate of drug-likeness (QED) is 0.639. The van der Waals surface area contributed by atoms with E-state index in [4.69, 9.17) is 10.5 Å². The molecule has 1 rings (SSSR count). The van der Waals surface area contributed by atoms with Crippen LogP contribution in [0, 0.1) is 0 Å². The Morgan fingerprint density at radius 2 is 2.29 bits per heavy atom. The van der Waals surface area contributed by atoms with Crippen LogP contribution in [0.3, 0.4) is 0 Å². The van der Waals surface area contributed by atoms with E-state index in [-0.39, 0.29) is 24.2 Å². The Hall–Kier alpha value is -0.170. The van der Waals surface area contributed by atoms with Crippen molar-refractivity contribution in [3.63, 3.8) is 0 Å². The summed E-state index contributed by atoms with van der Waals surface area (Å²) < 4.78 is 28.2. The lowest BCUT2D eigenvalue weighted by Gasteiger charge is -2.29. The number of rotatable bonds is 4. The van der Waals surface area contributed by atoms with Gasteiger partial charge in [0.2, 0.25) is 0 Å². The summed E-state index contributed by atoms with van der Waals surface area (Å²) in [7, 11) is -1.07. The van der Waals surface area contributed by atoms with Crippen LogP contribution in [-0.4, -0.2) is 64.2 Å². The van der Waals surface area contributed by atoms with Crippen LogP contribution in [0.5, 0.6) is 0 Å². The Morgan fingerprint density at radius 3 is 2.86 bits per heavy atom. The van der Waals surface area contributed by atoms with Crippen LogP contribution >= 0.6 is 0 Å². The number of hydrogen-bond donors (Lipinski definition) is 1. The van der Waals surface area contributed by atoms with Crippen LogP contribution in [0.2, 0.25) is 0 Å². The highest BCUT2D eigenvalue weighted by molar-refractivity contribution is 7.91. The van der Waals surface area contributed by atoms with Crippen molar-refractivity contribution in [1.82, 2.24) is 4.90 Å². The van der Waals surface area contributed by atoms with Gasteiger partial charge in [0.1, 0.15) is 0 Å². The van der Waals surface area contributed by atoms with E-state index in [1.165, 1.54) is 0 Å². The zero-order chi connectivity index (χ0) is 10.6. The van der Waals surface area contributed by atoms with Gasteiger partial charge in [0.15, 0.2) is 9.84 Å². The predicted octanol–water partition coefficient (Wildman–Crippen LogP) is -1.31. The van der Waals surface area contributed by atoms with Gasteiger partial charge in [-0.2, -0.15) is 0 Å². The summed E-state index contributed by atoms with van der Waals surface area (Å²) in [5, 5.41) is 0. The van der Waals surface area contributed by atoms with Gasteiger partial charge in [-0.1, -0.05) is 0 Å². The average Bonchev–Trinajstić information content (AvgIpc) is 2.02. The minimum atomic E-state index is -3.03. The highest BCUT2D eigenvalue weighted by Crippen LogP contribution is 2.06. The first-order valence-corrected chi connectivity index (χ1v) is 6.56. The molecule has 0 bridgehead atoms. The maximum Gasteiger partial charge on any atom is 0.154 e. The van der Waals surface area contributed by atoms with Gasteiger partial charge < -0.3 is 15.4 Å².